The summed E-state index contributed by atoms with van der Waals surface area (Å²) in [6.45, 7) is 7.35. The van der Waals surface area contributed by atoms with Gasteiger partial charge >= 0.3 is 5.97 Å². The van der Waals surface area contributed by atoms with E-state index in [2.05, 4.69) is 0 Å². The van der Waals surface area contributed by atoms with E-state index >= 15 is 0 Å². The summed E-state index contributed by atoms with van der Waals surface area (Å²) in [6.07, 6.45) is 3.32. The molecule has 4 aromatic carbocycles. The molecule has 4 aromatic rings. The zero-order valence-corrected chi connectivity index (χ0v) is 32.6. The molecule has 0 fully saturated rings. The number of ether oxygens (including phenoxy) is 7. The van der Waals surface area contributed by atoms with Gasteiger partial charge < -0.3 is 33.2 Å². The number of allylic oxidation sites excluding steroid dienone is 1. The second-order valence-corrected chi connectivity index (χ2v) is 11.0. The average Bonchev–Trinajstić information content (AvgIpc) is 3.16. The summed E-state index contributed by atoms with van der Waals surface area (Å²) in [5.74, 6) is 3.60. The quantitative estimate of drug-likeness (QED) is 0.0600. The van der Waals surface area contributed by atoms with E-state index in [0.717, 1.165) is 11.3 Å². The minimum absolute atomic E-state index is 0.00521. The first-order valence-electron chi connectivity index (χ1n) is 16.3. The number of esters is 1. The normalized spacial score (nSPS) is 9.69. The Labute approximate surface area is 316 Å². The van der Waals surface area contributed by atoms with Gasteiger partial charge in [-0.1, -0.05) is 18.2 Å². The van der Waals surface area contributed by atoms with Gasteiger partial charge in [0.25, 0.3) is 0 Å². The Morgan fingerprint density at radius 1 is 0.444 bits per heavy atom. The van der Waals surface area contributed by atoms with Crippen LogP contribution in [0, 0.1) is 0 Å². The van der Waals surface area contributed by atoms with Crippen LogP contribution in [0.4, 0.5) is 0 Å². The third-order valence-electron chi connectivity index (χ3n) is 7.01. The number of hydrogen-bond donors (Lipinski definition) is 0. The maximum absolute atomic E-state index is 11.2. The van der Waals surface area contributed by atoms with Crippen LogP contribution in [0.2, 0.25) is 0 Å². The van der Waals surface area contributed by atoms with Crippen LogP contribution in [0.3, 0.4) is 0 Å². The fraction of sp³-hybridized carbons (Fsp3) is 0.262. The Balaban J connectivity index is 0.000000361. The zero-order chi connectivity index (χ0) is 40.8. The first-order valence-corrected chi connectivity index (χ1v) is 16.3. The van der Waals surface area contributed by atoms with Crippen molar-refractivity contribution >= 4 is 35.2 Å². The molecule has 12 heteroatoms. The fourth-order valence-corrected chi connectivity index (χ4v) is 4.19. The Morgan fingerprint density at radius 2 is 0.889 bits per heavy atom. The summed E-state index contributed by atoms with van der Waals surface area (Å²) in [6, 6.07) is 22.3. The van der Waals surface area contributed by atoms with Gasteiger partial charge in [-0.15, -0.1) is 0 Å². The predicted octanol–water partition coefficient (Wildman–Crippen LogP) is 7.93. The number of hydrogen-bond acceptors (Lipinski definition) is 12. The molecule has 0 atom stereocenters. The average molecular weight is 745 g/mol. The van der Waals surface area contributed by atoms with E-state index in [1.807, 2.05) is 24.3 Å². The molecule has 0 aliphatic carbocycles. The Morgan fingerprint density at radius 3 is 1.28 bits per heavy atom. The Hall–Kier alpha value is -6.43. The smallest absolute Gasteiger partial charge is 0.308 e. The number of ketones is 4. The van der Waals surface area contributed by atoms with Crippen molar-refractivity contribution in [2.75, 3.05) is 42.7 Å². The second-order valence-electron chi connectivity index (χ2n) is 11.0. The molecule has 12 nitrogen and oxygen atoms in total. The highest BCUT2D eigenvalue weighted by Crippen LogP contribution is 2.38. The van der Waals surface area contributed by atoms with E-state index in [1.54, 1.807) is 88.1 Å². The van der Waals surface area contributed by atoms with Crippen LogP contribution in [-0.4, -0.2) is 71.8 Å². The summed E-state index contributed by atoms with van der Waals surface area (Å²) in [4.78, 5) is 54.3. The van der Waals surface area contributed by atoms with Crippen molar-refractivity contribution in [1.29, 1.82) is 0 Å². The predicted molar refractivity (Wildman–Crippen MR) is 206 cm³/mol. The van der Waals surface area contributed by atoms with Gasteiger partial charge in [0.2, 0.25) is 5.75 Å². The van der Waals surface area contributed by atoms with Crippen molar-refractivity contribution in [2.24, 2.45) is 0 Å². The highest BCUT2D eigenvalue weighted by Gasteiger charge is 2.14. The van der Waals surface area contributed by atoms with Gasteiger partial charge in [-0.05, 0) is 106 Å². The fourth-order valence-electron chi connectivity index (χ4n) is 4.19. The lowest BCUT2D eigenvalue weighted by Crippen LogP contribution is -2.01. The van der Waals surface area contributed by atoms with Gasteiger partial charge in [-0.3, -0.25) is 24.0 Å². The molecule has 0 saturated heterocycles. The lowest BCUT2D eigenvalue weighted by molar-refractivity contribution is -0.131. The lowest BCUT2D eigenvalue weighted by atomic mass is 10.1. The molecule has 0 aliphatic heterocycles. The van der Waals surface area contributed by atoms with Crippen molar-refractivity contribution in [3.05, 3.63) is 107 Å². The van der Waals surface area contributed by atoms with Gasteiger partial charge in [-0.2, -0.15) is 0 Å². The number of methoxy groups -OCH3 is 6. The number of rotatable bonds is 12. The molecule has 4 rings (SSSR count). The Kier molecular flexibility index (Phi) is 20.2. The van der Waals surface area contributed by atoms with Crippen LogP contribution in [-0.2, 0) is 9.59 Å². The van der Waals surface area contributed by atoms with Crippen LogP contribution in [0.5, 0.6) is 40.2 Å². The van der Waals surface area contributed by atoms with E-state index in [9.17, 15) is 24.0 Å². The van der Waals surface area contributed by atoms with Crippen LogP contribution < -0.4 is 33.2 Å². The summed E-state index contributed by atoms with van der Waals surface area (Å²) < 4.78 is 35.2. The minimum atomic E-state index is -0.365. The lowest BCUT2D eigenvalue weighted by Gasteiger charge is -2.12. The molecule has 0 N–H and O–H groups in total. The van der Waals surface area contributed by atoms with Crippen molar-refractivity contribution in [3.63, 3.8) is 0 Å². The third-order valence-corrected chi connectivity index (χ3v) is 7.01. The van der Waals surface area contributed by atoms with Gasteiger partial charge in [0.15, 0.2) is 46.1 Å². The second kappa shape index (κ2) is 23.9. The molecule has 0 saturated carbocycles. The van der Waals surface area contributed by atoms with Gasteiger partial charge in [0.05, 0.1) is 42.7 Å². The van der Waals surface area contributed by atoms with Gasteiger partial charge in [0.1, 0.15) is 11.5 Å². The van der Waals surface area contributed by atoms with Gasteiger partial charge in [0, 0.05) is 23.6 Å². The number of Topliss-reactive ketones (excluding diaryl/α,β-unsaturated/α-hetero) is 3. The number of benzene rings is 4. The molecule has 0 unspecified atom stereocenters. The molecular formula is C42H48O12. The molecule has 0 amide bonds. The molecule has 0 heterocycles. The van der Waals surface area contributed by atoms with E-state index < -0.39 is 0 Å². The van der Waals surface area contributed by atoms with E-state index in [-0.39, 0.29) is 29.1 Å². The van der Waals surface area contributed by atoms with Crippen molar-refractivity contribution in [3.8, 4) is 40.2 Å². The Bertz CT molecular complexity index is 1850. The van der Waals surface area contributed by atoms with Crippen LogP contribution in [0.15, 0.2) is 84.9 Å². The number of carbonyl (C=O) groups excluding carboxylic acids is 5. The standard InChI is InChI=1S/C11H14O4.C11H12O2.C10H12O3.C10H10O3/c1-7(12)8-5-9(13-2)11(15-4)10(6-8)14-3;1-9(12)3-4-10-5-7-11(13-2)8-6-10;1-7(11)8-4-5-9(12-2)10(6-8)13-3;1-7(11)9-3-5-10(6-4-9)13-8(2)12/h5-6H,1-4H3;3-8H,1-2H3;4-6H,1-3H3;3-6H,1-2H3/b;4-3+;;. The van der Waals surface area contributed by atoms with Crippen LogP contribution in [0.25, 0.3) is 6.08 Å². The van der Waals surface area contributed by atoms with Crippen molar-refractivity contribution < 1.29 is 57.1 Å². The van der Waals surface area contributed by atoms with Crippen LogP contribution in [0.1, 0.15) is 71.3 Å². The molecular weight excluding hydrogens is 696 g/mol. The van der Waals surface area contributed by atoms with Crippen LogP contribution >= 0.6 is 0 Å². The SMILES string of the molecule is CC(=O)Oc1ccc(C(C)=O)cc1.COc1cc(C(C)=O)cc(OC)c1OC.COc1ccc(/C=C/C(C)=O)cc1.COc1ccc(C(C)=O)cc1OC. The molecule has 54 heavy (non-hydrogen) atoms. The third kappa shape index (κ3) is 15.9. The van der Waals surface area contributed by atoms with E-state index in [0.29, 0.717) is 51.2 Å². The summed E-state index contributed by atoms with van der Waals surface area (Å²) in [5.41, 5.74) is 2.76. The maximum Gasteiger partial charge on any atom is 0.308 e. The molecule has 0 aliphatic rings. The van der Waals surface area contributed by atoms with Crippen molar-refractivity contribution in [2.45, 2.75) is 34.6 Å². The highest BCUT2D eigenvalue weighted by molar-refractivity contribution is 5.96. The largest absolute Gasteiger partial charge is 0.497 e. The maximum atomic E-state index is 11.2. The summed E-state index contributed by atoms with van der Waals surface area (Å²) >= 11 is 0. The molecule has 0 bridgehead atoms. The van der Waals surface area contributed by atoms with Crippen molar-refractivity contribution in [1.82, 2.24) is 0 Å². The topological polar surface area (TPSA) is 150 Å². The van der Waals surface area contributed by atoms with E-state index in [1.165, 1.54) is 55.9 Å². The molecule has 0 aromatic heterocycles. The summed E-state index contributed by atoms with van der Waals surface area (Å²) in [5, 5.41) is 0. The highest BCUT2D eigenvalue weighted by atomic mass is 16.5. The summed E-state index contributed by atoms with van der Waals surface area (Å²) in [7, 11) is 9.28. The molecule has 0 spiro atoms. The van der Waals surface area contributed by atoms with E-state index in [4.69, 9.17) is 33.2 Å². The minimum Gasteiger partial charge on any atom is -0.497 e. The molecule has 0 radical (unpaired) electrons. The van der Waals surface area contributed by atoms with Gasteiger partial charge in [-0.25, -0.2) is 0 Å². The first-order chi connectivity index (χ1) is 25.6. The number of carbonyl (C=O) groups is 5. The monoisotopic (exact) mass is 744 g/mol. The zero-order valence-electron chi connectivity index (χ0n) is 32.6. The molecule has 288 valence electrons. The first kappa shape index (κ1) is 45.6.